The standard InChI is InChI=1S/C19H16F8N2O2/c1-2-3-11-8-28-14(29-9-11)12-4-6-13(7-5-12)15(30)31-10-17(22,23)19(26,27)18(24,25)16(20)21/h4-9,16H,2-3,10H2,1H3. The Morgan fingerprint density at radius 2 is 1.55 bits per heavy atom. The van der Waals surface area contributed by atoms with E-state index in [2.05, 4.69) is 14.7 Å². The Morgan fingerprint density at radius 1 is 1.00 bits per heavy atom. The fourth-order valence-corrected chi connectivity index (χ4v) is 2.39. The number of halogens is 8. The van der Waals surface area contributed by atoms with Gasteiger partial charge < -0.3 is 4.74 Å². The Kier molecular flexibility index (Phi) is 7.22. The van der Waals surface area contributed by atoms with Crippen molar-refractivity contribution >= 4 is 5.97 Å². The molecule has 2 rings (SSSR count). The van der Waals surface area contributed by atoms with E-state index in [0.29, 0.717) is 11.4 Å². The van der Waals surface area contributed by atoms with E-state index in [1.807, 2.05) is 6.92 Å². The number of hydrogen-bond donors (Lipinski definition) is 0. The molecule has 0 saturated carbocycles. The number of carbonyl (C=O) groups excluding carboxylic acids is 1. The maximum atomic E-state index is 13.4. The van der Waals surface area contributed by atoms with Crippen LogP contribution in [0.1, 0.15) is 29.3 Å². The quantitative estimate of drug-likeness (QED) is 0.373. The number of rotatable bonds is 9. The first-order valence-corrected chi connectivity index (χ1v) is 8.83. The van der Waals surface area contributed by atoms with Gasteiger partial charge in [0.1, 0.15) is 0 Å². The van der Waals surface area contributed by atoms with Gasteiger partial charge in [-0.25, -0.2) is 23.5 Å². The molecule has 0 N–H and O–H groups in total. The van der Waals surface area contributed by atoms with Gasteiger partial charge in [0, 0.05) is 18.0 Å². The van der Waals surface area contributed by atoms with Crippen LogP contribution in [-0.2, 0) is 11.2 Å². The first kappa shape index (κ1) is 24.5. The van der Waals surface area contributed by atoms with Crippen molar-refractivity contribution in [3.63, 3.8) is 0 Å². The lowest BCUT2D eigenvalue weighted by atomic mass is 10.1. The molecule has 12 heteroatoms. The zero-order valence-corrected chi connectivity index (χ0v) is 15.9. The molecule has 1 aromatic carbocycles. The number of benzene rings is 1. The van der Waals surface area contributed by atoms with E-state index in [0.717, 1.165) is 30.5 Å². The SMILES string of the molecule is CCCc1cnc(-c2ccc(C(=O)OCC(F)(F)C(F)(F)C(F)(F)C(F)F)cc2)nc1. The Hall–Kier alpha value is -2.79. The average Bonchev–Trinajstić information content (AvgIpc) is 2.72. The first-order valence-electron chi connectivity index (χ1n) is 8.83. The molecular weight excluding hydrogens is 440 g/mol. The predicted octanol–water partition coefficient (Wildman–Crippen LogP) is 5.42. The van der Waals surface area contributed by atoms with Crippen molar-refractivity contribution in [3.05, 3.63) is 47.8 Å². The van der Waals surface area contributed by atoms with Crippen molar-refractivity contribution < 1.29 is 44.7 Å². The third-order valence-electron chi connectivity index (χ3n) is 4.16. The van der Waals surface area contributed by atoms with Crippen molar-refractivity contribution in [1.29, 1.82) is 0 Å². The molecule has 2 aromatic rings. The zero-order chi connectivity index (χ0) is 23.4. The topological polar surface area (TPSA) is 52.1 Å². The van der Waals surface area contributed by atoms with Crippen molar-refractivity contribution in [3.8, 4) is 11.4 Å². The molecule has 1 heterocycles. The second kappa shape index (κ2) is 9.15. The third kappa shape index (κ3) is 5.10. The van der Waals surface area contributed by atoms with Crippen molar-refractivity contribution in [2.45, 2.75) is 44.0 Å². The van der Waals surface area contributed by atoms with Crippen LogP contribution in [0.3, 0.4) is 0 Å². The Labute approximate surface area is 171 Å². The summed E-state index contributed by atoms with van der Waals surface area (Å²) in [5, 5.41) is 0. The fourth-order valence-electron chi connectivity index (χ4n) is 2.39. The van der Waals surface area contributed by atoms with Gasteiger partial charge in [-0.05, 0) is 24.1 Å². The maximum absolute atomic E-state index is 13.4. The van der Waals surface area contributed by atoms with Gasteiger partial charge in [0.2, 0.25) is 0 Å². The summed E-state index contributed by atoms with van der Waals surface area (Å²) in [5.41, 5.74) is 0.973. The molecule has 0 atom stereocenters. The van der Waals surface area contributed by atoms with Crippen LogP contribution in [0.25, 0.3) is 11.4 Å². The number of nitrogens with zero attached hydrogens (tertiary/aromatic N) is 2. The van der Waals surface area contributed by atoms with E-state index >= 15 is 0 Å². The summed E-state index contributed by atoms with van der Waals surface area (Å²) in [5.74, 6) is -19.8. The highest BCUT2D eigenvalue weighted by molar-refractivity contribution is 5.89. The lowest BCUT2D eigenvalue weighted by Gasteiger charge is -2.31. The van der Waals surface area contributed by atoms with E-state index in [1.165, 1.54) is 12.1 Å². The second-order valence-electron chi connectivity index (χ2n) is 6.52. The van der Waals surface area contributed by atoms with E-state index in [4.69, 9.17) is 0 Å². The number of carbonyl (C=O) groups is 1. The molecule has 0 spiro atoms. The summed E-state index contributed by atoms with van der Waals surface area (Å²) in [6.07, 6.45) is -0.172. The summed E-state index contributed by atoms with van der Waals surface area (Å²) in [7, 11) is 0. The van der Waals surface area contributed by atoms with Gasteiger partial charge in [-0.3, -0.25) is 0 Å². The smallest absolute Gasteiger partial charge is 0.381 e. The van der Waals surface area contributed by atoms with Gasteiger partial charge in [0.05, 0.1) is 5.56 Å². The second-order valence-corrected chi connectivity index (χ2v) is 6.52. The third-order valence-corrected chi connectivity index (χ3v) is 4.16. The molecular formula is C19H16F8N2O2. The molecule has 0 amide bonds. The van der Waals surface area contributed by atoms with Crippen molar-refractivity contribution in [2.75, 3.05) is 6.61 Å². The van der Waals surface area contributed by atoms with E-state index in [9.17, 15) is 39.9 Å². The highest BCUT2D eigenvalue weighted by Crippen LogP contribution is 2.48. The molecule has 0 aliphatic rings. The number of esters is 1. The Balaban J connectivity index is 2.07. The molecule has 1 aromatic heterocycles. The lowest BCUT2D eigenvalue weighted by Crippen LogP contribution is -2.59. The van der Waals surface area contributed by atoms with Crippen LogP contribution in [-0.4, -0.2) is 46.7 Å². The summed E-state index contributed by atoms with van der Waals surface area (Å²) >= 11 is 0. The van der Waals surface area contributed by atoms with Crippen LogP contribution in [0.4, 0.5) is 35.1 Å². The lowest BCUT2D eigenvalue weighted by molar-refractivity contribution is -0.343. The first-order chi connectivity index (χ1) is 14.3. The largest absolute Gasteiger partial charge is 0.455 e. The molecule has 170 valence electrons. The fraction of sp³-hybridized carbons (Fsp3) is 0.421. The van der Waals surface area contributed by atoms with Crippen LogP contribution < -0.4 is 0 Å². The number of hydrogen-bond acceptors (Lipinski definition) is 4. The molecule has 0 aliphatic carbocycles. The Morgan fingerprint density at radius 3 is 2.03 bits per heavy atom. The van der Waals surface area contributed by atoms with Gasteiger partial charge in [0.15, 0.2) is 12.4 Å². The molecule has 0 aliphatic heterocycles. The minimum Gasteiger partial charge on any atom is -0.455 e. The summed E-state index contributed by atoms with van der Waals surface area (Å²) in [6, 6.07) is 4.82. The van der Waals surface area contributed by atoms with Gasteiger partial charge in [-0.1, -0.05) is 25.5 Å². The van der Waals surface area contributed by atoms with Gasteiger partial charge >= 0.3 is 30.2 Å². The minimum absolute atomic E-state index is 0.292. The molecule has 0 saturated heterocycles. The number of alkyl halides is 8. The zero-order valence-electron chi connectivity index (χ0n) is 15.9. The summed E-state index contributed by atoms with van der Waals surface area (Å²) in [4.78, 5) is 20.1. The molecule has 0 bridgehead atoms. The van der Waals surface area contributed by atoms with Crippen LogP contribution in [0.15, 0.2) is 36.7 Å². The molecule has 4 nitrogen and oxygen atoms in total. The normalized spacial score (nSPS) is 12.8. The van der Waals surface area contributed by atoms with E-state index < -0.39 is 36.8 Å². The van der Waals surface area contributed by atoms with Crippen molar-refractivity contribution in [2.24, 2.45) is 0 Å². The monoisotopic (exact) mass is 456 g/mol. The average molecular weight is 456 g/mol. The predicted molar refractivity (Wildman–Crippen MR) is 92.6 cm³/mol. The van der Waals surface area contributed by atoms with Gasteiger partial charge in [-0.2, -0.15) is 26.3 Å². The minimum atomic E-state index is -6.44. The highest BCUT2D eigenvalue weighted by Gasteiger charge is 2.75. The molecule has 0 radical (unpaired) electrons. The summed E-state index contributed by atoms with van der Waals surface area (Å²) < 4.78 is 107. The number of aryl methyl sites for hydroxylation is 1. The number of ether oxygens (including phenoxy) is 1. The van der Waals surface area contributed by atoms with Gasteiger partial charge in [-0.15, -0.1) is 0 Å². The van der Waals surface area contributed by atoms with Crippen molar-refractivity contribution in [1.82, 2.24) is 9.97 Å². The molecule has 0 fully saturated rings. The molecule has 0 unspecified atom stereocenters. The Bertz CT molecular complexity index is 887. The maximum Gasteiger partial charge on any atom is 0.381 e. The van der Waals surface area contributed by atoms with Crippen LogP contribution in [0, 0.1) is 0 Å². The molecule has 31 heavy (non-hydrogen) atoms. The van der Waals surface area contributed by atoms with E-state index in [-0.39, 0.29) is 5.56 Å². The van der Waals surface area contributed by atoms with Crippen LogP contribution in [0.5, 0.6) is 0 Å². The van der Waals surface area contributed by atoms with Crippen LogP contribution in [0.2, 0.25) is 0 Å². The summed E-state index contributed by atoms with van der Waals surface area (Å²) in [6.45, 7) is -0.544. The van der Waals surface area contributed by atoms with Crippen LogP contribution >= 0.6 is 0 Å². The van der Waals surface area contributed by atoms with E-state index in [1.54, 1.807) is 12.4 Å². The van der Waals surface area contributed by atoms with Gasteiger partial charge in [0.25, 0.3) is 0 Å². The number of aromatic nitrogens is 2. The highest BCUT2D eigenvalue weighted by atomic mass is 19.4.